The van der Waals surface area contributed by atoms with E-state index in [-0.39, 0.29) is 11.9 Å². The maximum atomic E-state index is 11.9. The highest BCUT2D eigenvalue weighted by Gasteiger charge is 2.18. The summed E-state index contributed by atoms with van der Waals surface area (Å²) in [5.41, 5.74) is 2.34. The van der Waals surface area contributed by atoms with Gasteiger partial charge in [0.15, 0.2) is 0 Å². The number of ether oxygens (including phenoxy) is 1. The van der Waals surface area contributed by atoms with Gasteiger partial charge in [0.25, 0.3) is 0 Å². The van der Waals surface area contributed by atoms with Gasteiger partial charge in [-0.1, -0.05) is 31.4 Å². The fourth-order valence-electron chi connectivity index (χ4n) is 3.20. The van der Waals surface area contributed by atoms with Crippen molar-refractivity contribution in [1.29, 1.82) is 0 Å². The molecule has 1 aromatic rings. The predicted octanol–water partition coefficient (Wildman–Crippen LogP) is 3.37. The number of methoxy groups -OCH3 is 1. The van der Waals surface area contributed by atoms with Gasteiger partial charge in [-0.25, -0.2) is 0 Å². The zero-order valence-electron chi connectivity index (χ0n) is 15.8. The number of carbonyl (C=O) groups is 2. The van der Waals surface area contributed by atoms with E-state index in [9.17, 15) is 9.59 Å². The second-order valence-corrected chi connectivity index (χ2v) is 7.83. The Morgan fingerprint density at radius 1 is 1.19 bits per heavy atom. The van der Waals surface area contributed by atoms with Crippen LogP contribution >= 0.6 is 11.8 Å². The van der Waals surface area contributed by atoms with Crippen molar-refractivity contribution < 1.29 is 14.3 Å². The molecule has 26 heavy (non-hydrogen) atoms. The fraction of sp³-hybridized carbons (Fsp3) is 0.600. The summed E-state index contributed by atoms with van der Waals surface area (Å²) in [4.78, 5) is 25.2. The smallest absolute Gasteiger partial charge is 0.315 e. The summed E-state index contributed by atoms with van der Waals surface area (Å²) in [7, 11) is 3.55. The SMILES string of the molecule is COC(=O)CSCCC(=O)NCc1ccc(N(C)C2CCCCC2)cc1. The van der Waals surface area contributed by atoms with E-state index in [1.807, 2.05) is 0 Å². The number of nitrogens with zero attached hydrogens (tertiary/aromatic N) is 1. The van der Waals surface area contributed by atoms with Gasteiger partial charge in [0.1, 0.15) is 0 Å². The third kappa shape index (κ3) is 6.90. The first-order valence-electron chi connectivity index (χ1n) is 9.33. The zero-order chi connectivity index (χ0) is 18.8. The van der Waals surface area contributed by atoms with Crippen LogP contribution < -0.4 is 10.2 Å². The van der Waals surface area contributed by atoms with Crippen LogP contribution in [0.15, 0.2) is 24.3 Å². The minimum atomic E-state index is -0.256. The fourth-order valence-corrected chi connectivity index (χ4v) is 3.96. The number of amides is 1. The van der Waals surface area contributed by atoms with Gasteiger partial charge in [0.05, 0.1) is 12.9 Å². The van der Waals surface area contributed by atoms with E-state index in [2.05, 4.69) is 46.3 Å². The van der Waals surface area contributed by atoms with Crippen molar-refractivity contribution >= 4 is 29.3 Å². The molecule has 5 nitrogen and oxygen atoms in total. The second kappa shape index (κ2) is 11.1. The predicted molar refractivity (Wildman–Crippen MR) is 108 cm³/mol. The number of hydrogen-bond donors (Lipinski definition) is 1. The van der Waals surface area contributed by atoms with Crippen molar-refractivity contribution in [1.82, 2.24) is 5.32 Å². The number of hydrogen-bond acceptors (Lipinski definition) is 5. The number of rotatable bonds is 9. The van der Waals surface area contributed by atoms with Crippen LogP contribution in [-0.2, 0) is 20.9 Å². The highest BCUT2D eigenvalue weighted by molar-refractivity contribution is 7.99. The van der Waals surface area contributed by atoms with Crippen molar-refractivity contribution in [3.05, 3.63) is 29.8 Å². The molecule has 0 aromatic heterocycles. The van der Waals surface area contributed by atoms with Crippen molar-refractivity contribution in [2.24, 2.45) is 0 Å². The summed E-state index contributed by atoms with van der Waals surface area (Å²) in [6.07, 6.45) is 6.99. The molecule has 0 aliphatic heterocycles. The van der Waals surface area contributed by atoms with Gasteiger partial charge in [0.2, 0.25) is 5.91 Å². The third-order valence-electron chi connectivity index (χ3n) is 4.88. The van der Waals surface area contributed by atoms with Crippen LogP contribution in [0.1, 0.15) is 44.1 Å². The molecule has 2 rings (SSSR count). The van der Waals surface area contributed by atoms with E-state index in [1.165, 1.54) is 56.7 Å². The van der Waals surface area contributed by atoms with E-state index in [0.717, 1.165) is 5.56 Å². The van der Waals surface area contributed by atoms with Gasteiger partial charge in [-0.05, 0) is 30.5 Å². The lowest BCUT2D eigenvalue weighted by atomic mass is 9.94. The van der Waals surface area contributed by atoms with E-state index < -0.39 is 0 Å². The lowest BCUT2D eigenvalue weighted by molar-refractivity contribution is -0.137. The average Bonchev–Trinajstić information content (AvgIpc) is 2.70. The molecular weight excluding hydrogens is 348 g/mol. The highest BCUT2D eigenvalue weighted by atomic mass is 32.2. The Bertz CT molecular complexity index is 571. The Morgan fingerprint density at radius 2 is 1.88 bits per heavy atom. The van der Waals surface area contributed by atoms with Crippen molar-refractivity contribution in [2.75, 3.05) is 30.6 Å². The Kier molecular flexibility index (Phi) is 8.81. The number of esters is 1. The maximum absolute atomic E-state index is 11.9. The van der Waals surface area contributed by atoms with Gasteiger partial charge in [-0.3, -0.25) is 9.59 Å². The van der Waals surface area contributed by atoms with Crippen LogP contribution in [-0.4, -0.2) is 43.6 Å². The first-order valence-corrected chi connectivity index (χ1v) is 10.5. The largest absolute Gasteiger partial charge is 0.468 e. The van der Waals surface area contributed by atoms with Crippen LogP contribution in [0.4, 0.5) is 5.69 Å². The number of anilines is 1. The van der Waals surface area contributed by atoms with Gasteiger partial charge >= 0.3 is 5.97 Å². The first-order chi connectivity index (χ1) is 12.6. The number of thioether (sulfide) groups is 1. The standard InChI is InChI=1S/C20H30N2O3S/c1-22(17-6-4-3-5-7-17)18-10-8-16(9-11-18)14-21-19(23)12-13-26-15-20(24)25-2/h8-11,17H,3-7,12-15H2,1-2H3,(H,21,23). The summed E-state index contributed by atoms with van der Waals surface area (Å²) < 4.78 is 4.56. The molecule has 6 heteroatoms. The maximum Gasteiger partial charge on any atom is 0.315 e. The summed E-state index contributed by atoms with van der Waals surface area (Å²) in [5, 5.41) is 2.93. The van der Waals surface area contributed by atoms with Gasteiger partial charge in [-0.2, -0.15) is 0 Å². The Balaban J connectivity index is 1.69. The molecule has 0 radical (unpaired) electrons. The molecular formula is C20H30N2O3S. The lowest BCUT2D eigenvalue weighted by Crippen LogP contribution is -2.33. The molecule has 1 saturated carbocycles. The van der Waals surface area contributed by atoms with Crippen molar-refractivity contribution in [3.8, 4) is 0 Å². The molecule has 1 aliphatic carbocycles. The zero-order valence-corrected chi connectivity index (χ0v) is 16.6. The van der Waals surface area contributed by atoms with E-state index in [0.29, 0.717) is 30.5 Å². The Labute approximate surface area is 160 Å². The minimum absolute atomic E-state index is 0.00534. The van der Waals surface area contributed by atoms with Gasteiger partial charge in [-0.15, -0.1) is 11.8 Å². The lowest BCUT2D eigenvalue weighted by Gasteiger charge is -2.33. The number of carbonyl (C=O) groups excluding carboxylic acids is 2. The van der Waals surface area contributed by atoms with E-state index in [4.69, 9.17) is 0 Å². The molecule has 0 unspecified atom stereocenters. The minimum Gasteiger partial charge on any atom is -0.468 e. The topological polar surface area (TPSA) is 58.6 Å². The Morgan fingerprint density at radius 3 is 2.54 bits per heavy atom. The molecule has 0 bridgehead atoms. The highest BCUT2D eigenvalue weighted by Crippen LogP contribution is 2.26. The molecule has 1 aromatic carbocycles. The monoisotopic (exact) mass is 378 g/mol. The van der Waals surface area contributed by atoms with Crippen molar-refractivity contribution in [3.63, 3.8) is 0 Å². The van der Waals surface area contributed by atoms with Crippen LogP contribution in [0.25, 0.3) is 0 Å². The number of nitrogens with one attached hydrogen (secondary N) is 1. The van der Waals surface area contributed by atoms with Crippen LogP contribution in [0.2, 0.25) is 0 Å². The van der Waals surface area contributed by atoms with Gasteiger partial charge in [0, 0.05) is 37.5 Å². The summed E-state index contributed by atoms with van der Waals surface area (Å²) in [5.74, 6) is 0.658. The molecule has 1 aliphatic rings. The van der Waals surface area contributed by atoms with Crippen molar-refractivity contribution in [2.45, 2.75) is 51.1 Å². The second-order valence-electron chi connectivity index (χ2n) is 6.72. The van der Waals surface area contributed by atoms with Crippen LogP contribution in [0.5, 0.6) is 0 Å². The van der Waals surface area contributed by atoms with E-state index >= 15 is 0 Å². The number of benzene rings is 1. The van der Waals surface area contributed by atoms with Crippen LogP contribution in [0.3, 0.4) is 0 Å². The molecule has 1 N–H and O–H groups in total. The van der Waals surface area contributed by atoms with Crippen LogP contribution in [0, 0.1) is 0 Å². The molecule has 1 fully saturated rings. The molecule has 144 valence electrons. The van der Waals surface area contributed by atoms with E-state index in [1.54, 1.807) is 0 Å². The first kappa shape index (κ1) is 20.6. The van der Waals surface area contributed by atoms with Gasteiger partial charge < -0.3 is 15.0 Å². The molecule has 0 spiro atoms. The molecule has 0 atom stereocenters. The Hall–Kier alpha value is -1.69. The molecule has 1 amide bonds. The molecule has 0 saturated heterocycles. The quantitative estimate of drug-likeness (QED) is 0.527. The molecule has 0 heterocycles. The summed E-state index contributed by atoms with van der Waals surface area (Å²) >= 11 is 1.41. The summed E-state index contributed by atoms with van der Waals surface area (Å²) in [6.45, 7) is 0.536. The third-order valence-corrected chi connectivity index (χ3v) is 5.81. The normalized spacial score (nSPS) is 14.7. The summed E-state index contributed by atoms with van der Waals surface area (Å²) in [6, 6.07) is 9.10. The average molecular weight is 379 g/mol.